The summed E-state index contributed by atoms with van der Waals surface area (Å²) in [7, 11) is -3.65. The lowest BCUT2D eigenvalue weighted by Gasteiger charge is -2.18. The Labute approximate surface area is 149 Å². The van der Waals surface area contributed by atoms with E-state index >= 15 is 0 Å². The first-order valence-corrected chi connectivity index (χ1v) is 9.73. The van der Waals surface area contributed by atoms with E-state index in [-0.39, 0.29) is 18.3 Å². The molecule has 0 bridgehead atoms. The van der Waals surface area contributed by atoms with Crippen LogP contribution in [0.15, 0.2) is 91.0 Å². The second kappa shape index (κ2) is 8.10. The molecular formula is C21H20O3S. The highest BCUT2D eigenvalue weighted by molar-refractivity contribution is 7.85. The molecule has 0 unspecified atom stereocenters. The summed E-state index contributed by atoms with van der Waals surface area (Å²) < 4.78 is 30.1. The molecule has 0 aromatic heterocycles. The maximum Gasteiger partial charge on any atom is 0.271 e. The lowest BCUT2D eigenvalue weighted by Crippen LogP contribution is -2.16. The van der Waals surface area contributed by atoms with Crippen LogP contribution in [0.3, 0.4) is 0 Å². The predicted octanol–water partition coefficient (Wildman–Crippen LogP) is 4.37. The average molecular weight is 352 g/mol. The quantitative estimate of drug-likeness (QED) is 0.593. The van der Waals surface area contributed by atoms with Gasteiger partial charge in [0.1, 0.15) is 5.75 Å². The van der Waals surface area contributed by atoms with Gasteiger partial charge in [-0.1, -0.05) is 91.0 Å². The largest absolute Gasteiger partial charge is 0.271 e. The third-order valence-electron chi connectivity index (χ3n) is 4.00. The fourth-order valence-corrected chi connectivity index (χ4v) is 3.77. The van der Waals surface area contributed by atoms with Crippen molar-refractivity contribution in [1.29, 1.82) is 0 Å². The molecule has 0 aliphatic rings. The van der Waals surface area contributed by atoms with Gasteiger partial charge in [-0.3, -0.25) is 4.18 Å². The molecule has 0 spiro atoms. The summed E-state index contributed by atoms with van der Waals surface area (Å²) in [6.07, 6.45) is 0. The van der Waals surface area contributed by atoms with Crippen molar-refractivity contribution in [2.24, 2.45) is 0 Å². The van der Waals surface area contributed by atoms with Crippen molar-refractivity contribution in [3.63, 3.8) is 0 Å². The molecule has 0 saturated carbocycles. The minimum absolute atomic E-state index is 0.0865. The summed E-state index contributed by atoms with van der Waals surface area (Å²) in [6.45, 7) is 0.0865. The highest BCUT2D eigenvalue weighted by Crippen LogP contribution is 2.25. The van der Waals surface area contributed by atoms with Gasteiger partial charge in [0.05, 0.1) is 6.61 Å². The van der Waals surface area contributed by atoms with E-state index in [0.29, 0.717) is 0 Å². The van der Waals surface area contributed by atoms with Gasteiger partial charge in [-0.2, -0.15) is 8.42 Å². The summed E-state index contributed by atoms with van der Waals surface area (Å²) in [5.41, 5.74) is 2.78. The minimum Gasteiger partial charge on any atom is -0.269 e. The van der Waals surface area contributed by atoms with Gasteiger partial charge < -0.3 is 0 Å². The Morgan fingerprint density at radius 1 is 0.680 bits per heavy atom. The number of benzene rings is 3. The van der Waals surface area contributed by atoms with E-state index in [1.165, 1.54) is 0 Å². The topological polar surface area (TPSA) is 43.4 Å². The molecule has 3 aromatic carbocycles. The molecule has 0 radical (unpaired) electrons. The van der Waals surface area contributed by atoms with Crippen LogP contribution in [0, 0.1) is 0 Å². The third kappa shape index (κ3) is 5.02. The van der Waals surface area contributed by atoms with Crippen molar-refractivity contribution in [1.82, 2.24) is 0 Å². The first-order chi connectivity index (χ1) is 12.1. The molecule has 0 saturated heterocycles. The Kier molecular flexibility index (Phi) is 5.64. The van der Waals surface area contributed by atoms with Crippen LogP contribution in [0.2, 0.25) is 0 Å². The lowest BCUT2D eigenvalue weighted by atomic mass is 9.92. The summed E-state index contributed by atoms with van der Waals surface area (Å²) >= 11 is 0. The number of rotatable bonds is 7. The van der Waals surface area contributed by atoms with E-state index < -0.39 is 10.1 Å². The van der Waals surface area contributed by atoms with Gasteiger partial charge in [0.25, 0.3) is 10.1 Å². The van der Waals surface area contributed by atoms with Crippen LogP contribution >= 0.6 is 0 Å². The fourth-order valence-electron chi connectivity index (χ4n) is 2.75. The van der Waals surface area contributed by atoms with Crippen molar-refractivity contribution in [3.8, 4) is 0 Å². The molecular weight excluding hydrogens is 332 g/mol. The van der Waals surface area contributed by atoms with E-state index in [1.54, 1.807) is 12.1 Å². The van der Waals surface area contributed by atoms with Gasteiger partial charge in [0.2, 0.25) is 0 Å². The Hall–Kier alpha value is -2.43. The monoisotopic (exact) mass is 352 g/mol. The van der Waals surface area contributed by atoms with Gasteiger partial charge in [-0.05, 0) is 16.7 Å². The first-order valence-electron chi connectivity index (χ1n) is 8.15. The zero-order valence-corrected chi connectivity index (χ0v) is 14.6. The van der Waals surface area contributed by atoms with Crippen LogP contribution in [0.25, 0.3) is 0 Å². The Balaban J connectivity index is 1.77. The van der Waals surface area contributed by atoms with Gasteiger partial charge in [-0.25, -0.2) is 0 Å². The van der Waals surface area contributed by atoms with Crippen molar-refractivity contribution in [2.75, 3.05) is 6.61 Å². The Morgan fingerprint density at radius 3 is 1.60 bits per heavy atom. The molecule has 25 heavy (non-hydrogen) atoms. The molecule has 0 atom stereocenters. The first kappa shape index (κ1) is 17.4. The normalized spacial score (nSPS) is 11.6. The maximum absolute atomic E-state index is 12.3. The van der Waals surface area contributed by atoms with Gasteiger partial charge in [0.15, 0.2) is 0 Å². The highest BCUT2D eigenvalue weighted by Gasteiger charge is 2.19. The summed E-state index contributed by atoms with van der Waals surface area (Å²) in [5.74, 6) is -0.252. The molecule has 0 aliphatic carbocycles. The van der Waals surface area contributed by atoms with Crippen molar-refractivity contribution < 1.29 is 12.6 Å². The molecule has 3 nitrogen and oxygen atoms in total. The maximum atomic E-state index is 12.3. The van der Waals surface area contributed by atoms with E-state index in [2.05, 4.69) is 0 Å². The van der Waals surface area contributed by atoms with Crippen LogP contribution in [0.5, 0.6) is 0 Å². The van der Waals surface area contributed by atoms with Crippen molar-refractivity contribution in [2.45, 2.75) is 11.7 Å². The zero-order chi connectivity index (χ0) is 17.5. The molecule has 0 aliphatic heterocycles. The lowest BCUT2D eigenvalue weighted by molar-refractivity contribution is 0.304. The van der Waals surface area contributed by atoms with Crippen LogP contribution in [-0.4, -0.2) is 15.0 Å². The summed E-state index contributed by atoms with van der Waals surface area (Å²) in [6, 6.07) is 28.7. The van der Waals surface area contributed by atoms with Crippen molar-refractivity contribution >= 4 is 10.1 Å². The molecule has 0 N–H and O–H groups in total. The number of hydrogen-bond acceptors (Lipinski definition) is 3. The molecule has 3 rings (SSSR count). The molecule has 4 heteroatoms. The second-order valence-electron chi connectivity index (χ2n) is 5.85. The van der Waals surface area contributed by atoms with Crippen LogP contribution in [0.4, 0.5) is 0 Å². The van der Waals surface area contributed by atoms with E-state index in [4.69, 9.17) is 4.18 Å². The molecule has 3 aromatic rings. The van der Waals surface area contributed by atoms with Gasteiger partial charge in [-0.15, -0.1) is 0 Å². The molecule has 0 fully saturated rings. The van der Waals surface area contributed by atoms with Crippen LogP contribution in [0.1, 0.15) is 22.6 Å². The zero-order valence-electron chi connectivity index (χ0n) is 13.8. The SMILES string of the molecule is O=S(=O)(Cc1ccccc1)OCC(c1ccccc1)c1ccccc1. The molecule has 0 heterocycles. The van der Waals surface area contributed by atoms with Gasteiger partial charge in [0, 0.05) is 5.92 Å². The summed E-state index contributed by atoms with van der Waals surface area (Å²) in [5, 5.41) is 0. The average Bonchev–Trinajstić information content (AvgIpc) is 2.64. The standard InChI is InChI=1S/C21H20O3S/c22-25(23,17-18-10-4-1-5-11-18)24-16-21(19-12-6-2-7-13-19)20-14-8-3-9-15-20/h1-15,21H,16-17H2. The van der Waals surface area contributed by atoms with Gasteiger partial charge >= 0.3 is 0 Å². The second-order valence-corrected chi connectivity index (χ2v) is 7.49. The minimum atomic E-state index is -3.65. The van der Waals surface area contributed by atoms with E-state index in [1.807, 2.05) is 78.9 Å². The summed E-state index contributed by atoms with van der Waals surface area (Å²) in [4.78, 5) is 0. The fraction of sp³-hybridized carbons (Fsp3) is 0.143. The third-order valence-corrected chi connectivity index (χ3v) is 5.19. The Morgan fingerprint density at radius 2 is 1.12 bits per heavy atom. The molecule has 0 amide bonds. The van der Waals surface area contributed by atoms with E-state index in [0.717, 1.165) is 16.7 Å². The highest BCUT2D eigenvalue weighted by atomic mass is 32.2. The number of hydrogen-bond donors (Lipinski definition) is 0. The van der Waals surface area contributed by atoms with Crippen LogP contribution < -0.4 is 0 Å². The van der Waals surface area contributed by atoms with Crippen LogP contribution in [-0.2, 0) is 20.1 Å². The van der Waals surface area contributed by atoms with E-state index in [9.17, 15) is 8.42 Å². The Bertz CT molecular complexity index is 837. The molecule has 128 valence electrons. The predicted molar refractivity (Wildman–Crippen MR) is 99.7 cm³/mol. The smallest absolute Gasteiger partial charge is 0.269 e. The van der Waals surface area contributed by atoms with Crippen molar-refractivity contribution in [3.05, 3.63) is 108 Å².